The highest BCUT2D eigenvalue weighted by atomic mass is 19.3. The van der Waals surface area contributed by atoms with Gasteiger partial charge in [0.05, 0.1) is 6.54 Å². The third-order valence-corrected chi connectivity index (χ3v) is 5.99. The second kappa shape index (κ2) is 12.1. The van der Waals surface area contributed by atoms with E-state index in [1.807, 2.05) is 0 Å². The van der Waals surface area contributed by atoms with Gasteiger partial charge in [-0.1, -0.05) is 24.3 Å². The summed E-state index contributed by atoms with van der Waals surface area (Å²) in [7, 11) is 1.72. The standard InChI is InChI=1S/C29H25F3N6O2/c1-35-12-20(11-33)19-10-23(28(34)36-13-19)17-4-8-22(9-5-17)37-29(40)25-15-38(16-26(31)32)14-24(27(25)39)18-2-6-21(30)7-3-18/h2-15,26,33,35H,16H2,1H3,(H2,34,36)(H,37,40)/b20-12+,33-11?. The quantitative estimate of drug-likeness (QED) is 0.219. The van der Waals surface area contributed by atoms with Gasteiger partial charge in [0.1, 0.15) is 17.2 Å². The molecular weight excluding hydrogens is 521 g/mol. The van der Waals surface area contributed by atoms with Crippen molar-refractivity contribution in [1.29, 1.82) is 5.41 Å². The van der Waals surface area contributed by atoms with Crippen LogP contribution in [0.4, 0.5) is 24.7 Å². The predicted molar refractivity (Wildman–Crippen MR) is 150 cm³/mol. The van der Waals surface area contributed by atoms with Crippen molar-refractivity contribution in [2.75, 3.05) is 18.1 Å². The van der Waals surface area contributed by atoms with Crippen LogP contribution < -0.4 is 21.8 Å². The monoisotopic (exact) mass is 546 g/mol. The number of amides is 1. The predicted octanol–water partition coefficient (Wildman–Crippen LogP) is 5.03. The number of nitrogens with one attached hydrogen (secondary N) is 3. The van der Waals surface area contributed by atoms with Crippen molar-refractivity contribution in [3.05, 3.63) is 107 Å². The van der Waals surface area contributed by atoms with E-state index >= 15 is 0 Å². The highest BCUT2D eigenvalue weighted by Gasteiger charge is 2.18. The van der Waals surface area contributed by atoms with Crippen LogP contribution >= 0.6 is 0 Å². The van der Waals surface area contributed by atoms with E-state index in [1.165, 1.54) is 24.5 Å². The zero-order valence-electron chi connectivity index (χ0n) is 21.3. The lowest BCUT2D eigenvalue weighted by Crippen LogP contribution is -2.25. The highest BCUT2D eigenvalue weighted by Crippen LogP contribution is 2.28. The molecule has 5 N–H and O–H groups in total. The minimum absolute atomic E-state index is 0.0110. The Morgan fingerprint density at radius 1 is 1.07 bits per heavy atom. The molecule has 0 fully saturated rings. The van der Waals surface area contributed by atoms with Crippen molar-refractivity contribution < 1.29 is 18.0 Å². The van der Waals surface area contributed by atoms with Crippen LogP contribution in [0.25, 0.3) is 27.8 Å². The van der Waals surface area contributed by atoms with Gasteiger partial charge in [-0.2, -0.15) is 0 Å². The smallest absolute Gasteiger partial charge is 0.261 e. The fraction of sp³-hybridized carbons (Fsp3) is 0.103. The van der Waals surface area contributed by atoms with Gasteiger partial charge in [-0.3, -0.25) is 9.59 Å². The van der Waals surface area contributed by atoms with Crippen LogP contribution in [0, 0.1) is 11.2 Å². The number of pyridine rings is 2. The van der Waals surface area contributed by atoms with Gasteiger partial charge in [0.15, 0.2) is 0 Å². The van der Waals surface area contributed by atoms with Crippen molar-refractivity contribution in [3.8, 4) is 22.3 Å². The largest absolute Gasteiger partial charge is 0.393 e. The number of hydrogen-bond donors (Lipinski definition) is 4. The molecule has 0 saturated heterocycles. The van der Waals surface area contributed by atoms with Gasteiger partial charge in [0.2, 0.25) is 5.43 Å². The van der Waals surface area contributed by atoms with E-state index < -0.39 is 30.1 Å². The van der Waals surface area contributed by atoms with Crippen molar-refractivity contribution in [1.82, 2.24) is 14.9 Å². The maximum atomic E-state index is 13.4. The first-order valence-electron chi connectivity index (χ1n) is 12.0. The summed E-state index contributed by atoms with van der Waals surface area (Å²) < 4.78 is 40.7. The Balaban J connectivity index is 1.64. The molecule has 0 aliphatic rings. The second-order valence-electron chi connectivity index (χ2n) is 8.73. The van der Waals surface area contributed by atoms with Gasteiger partial charge in [-0.25, -0.2) is 18.2 Å². The van der Waals surface area contributed by atoms with Crippen LogP contribution in [0.5, 0.6) is 0 Å². The third kappa shape index (κ3) is 6.26. The summed E-state index contributed by atoms with van der Waals surface area (Å²) in [6.07, 6.45) is 3.96. The van der Waals surface area contributed by atoms with E-state index in [0.717, 1.165) is 22.9 Å². The summed E-state index contributed by atoms with van der Waals surface area (Å²) in [6.45, 7) is -0.735. The number of nitrogens with two attached hydrogens (primary N) is 1. The average Bonchev–Trinajstić information content (AvgIpc) is 2.93. The van der Waals surface area contributed by atoms with Gasteiger partial charge in [0, 0.05) is 66.0 Å². The number of halogens is 3. The minimum Gasteiger partial charge on any atom is -0.393 e. The summed E-state index contributed by atoms with van der Waals surface area (Å²) in [6, 6.07) is 13.3. The van der Waals surface area contributed by atoms with Crippen molar-refractivity contribution in [2.45, 2.75) is 13.0 Å². The number of nitrogens with zero attached hydrogens (tertiary/aromatic N) is 2. The summed E-state index contributed by atoms with van der Waals surface area (Å²) in [5.74, 6) is -1.05. The first-order valence-corrected chi connectivity index (χ1v) is 12.0. The first kappa shape index (κ1) is 27.8. The molecule has 0 bridgehead atoms. The van der Waals surface area contributed by atoms with E-state index in [9.17, 15) is 22.8 Å². The summed E-state index contributed by atoms with van der Waals surface area (Å²) in [4.78, 5) is 30.5. The van der Waals surface area contributed by atoms with Crippen LogP contribution in [-0.4, -0.2) is 35.1 Å². The fourth-order valence-corrected chi connectivity index (χ4v) is 4.05. The molecule has 0 saturated carbocycles. The lowest BCUT2D eigenvalue weighted by atomic mass is 10.0. The van der Waals surface area contributed by atoms with Gasteiger partial charge in [-0.15, -0.1) is 0 Å². The van der Waals surface area contributed by atoms with Crippen molar-refractivity contribution >= 4 is 29.2 Å². The number of aromatic nitrogens is 2. The van der Waals surface area contributed by atoms with E-state index in [2.05, 4.69) is 15.6 Å². The Morgan fingerprint density at radius 3 is 2.35 bits per heavy atom. The number of carbonyl (C=O) groups is 1. The summed E-state index contributed by atoms with van der Waals surface area (Å²) in [5, 5.41) is 13.1. The van der Waals surface area contributed by atoms with Gasteiger partial charge in [-0.05, 0) is 41.5 Å². The molecule has 0 spiro atoms. The maximum absolute atomic E-state index is 13.4. The number of benzene rings is 2. The number of rotatable bonds is 9. The van der Waals surface area contributed by atoms with Gasteiger partial charge in [0.25, 0.3) is 12.3 Å². The Hall–Kier alpha value is -5.19. The SMILES string of the molecule is CN/C=C(\C=N)c1cnc(N)c(-c2ccc(NC(=O)c3cn(CC(F)F)cc(-c4ccc(F)cc4)c3=O)cc2)c1. The maximum Gasteiger partial charge on any atom is 0.261 e. The molecule has 4 rings (SSSR count). The Labute approximate surface area is 227 Å². The zero-order chi connectivity index (χ0) is 28.8. The molecule has 0 atom stereocenters. The van der Waals surface area contributed by atoms with E-state index in [4.69, 9.17) is 11.1 Å². The van der Waals surface area contributed by atoms with Gasteiger partial charge >= 0.3 is 0 Å². The van der Waals surface area contributed by atoms with Crippen LogP contribution in [0.1, 0.15) is 15.9 Å². The number of anilines is 2. The molecular formula is C29H25F3N6O2. The molecule has 0 aliphatic carbocycles. The van der Waals surface area contributed by atoms with E-state index in [-0.39, 0.29) is 22.5 Å². The van der Waals surface area contributed by atoms with Crippen LogP contribution in [0.3, 0.4) is 0 Å². The zero-order valence-corrected chi connectivity index (χ0v) is 21.3. The number of carbonyl (C=O) groups excluding carboxylic acids is 1. The molecule has 204 valence electrons. The summed E-state index contributed by atoms with van der Waals surface area (Å²) >= 11 is 0. The van der Waals surface area contributed by atoms with Crippen LogP contribution in [0.15, 0.2) is 84.2 Å². The Morgan fingerprint density at radius 2 is 1.73 bits per heavy atom. The molecule has 2 aromatic carbocycles. The number of hydrogen-bond acceptors (Lipinski definition) is 6. The van der Waals surface area contributed by atoms with Crippen molar-refractivity contribution in [3.63, 3.8) is 0 Å². The second-order valence-corrected chi connectivity index (χ2v) is 8.73. The normalized spacial score (nSPS) is 11.4. The Kier molecular flexibility index (Phi) is 8.43. The van der Waals surface area contributed by atoms with Crippen molar-refractivity contribution in [2.24, 2.45) is 0 Å². The molecule has 0 unspecified atom stereocenters. The van der Waals surface area contributed by atoms with E-state index in [1.54, 1.807) is 49.8 Å². The molecule has 11 heteroatoms. The third-order valence-electron chi connectivity index (χ3n) is 5.99. The lowest BCUT2D eigenvalue weighted by Gasteiger charge is -2.13. The van der Waals surface area contributed by atoms with E-state index in [0.29, 0.717) is 28.0 Å². The molecule has 40 heavy (non-hydrogen) atoms. The molecule has 1 amide bonds. The number of nitrogen functional groups attached to an aromatic ring is 1. The molecule has 0 radical (unpaired) electrons. The summed E-state index contributed by atoms with van der Waals surface area (Å²) in [5.41, 5.74) is 8.26. The molecule has 4 aromatic rings. The lowest BCUT2D eigenvalue weighted by molar-refractivity contribution is 0.102. The number of alkyl halides is 2. The topological polar surface area (TPSA) is 126 Å². The highest BCUT2D eigenvalue weighted by molar-refractivity contribution is 6.08. The first-order chi connectivity index (χ1) is 19.2. The fourth-order valence-electron chi connectivity index (χ4n) is 4.05. The Bertz CT molecular complexity index is 1630. The van der Waals surface area contributed by atoms with Crippen LogP contribution in [-0.2, 0) is 6.54 Å². The molecule has 2 aromatic heterocycles. The van der Waals surface area contributed by atoms with Crippen LogP contribution in [0.2, 0.25) is 0 Å². The molecule has 2 heterocycles. The molecule has 0 aliphatic heterocycles. The number of allylic oxidation sites excluding steroid dienone is 1. The van der Waals surface area contributed by atoms with Gasteiger partial charge < -0.3 is 26.3 Å². The average molecular weight is 547 g/mol. The minimum atomic E-state index is -2.73. The molecule has 8 nitrogen and oxygen atoms in total.